The monoisotopic (exact) mass is 260 g/mol. The van der Waals surface area contributed by atoms with Crippen LogP contribution >= 0.6 is 0 Å². The number of hydrogen-bond donors (Lipinski definition) is 1. The van der Waals surface area contributed by atoms with Crippen LogP contribution in [0.5, 0.6) is 0 Å². The summed E-state index contributed by atoms with van der Waals surface area (Å²) in [6.45, 7) is 3.40. The molecule has 1 amide bonds. The zero-order chi connectivity index (χ0) is 13.8. The van der Waals surface area contributed by atoms with E-state index in [0.717, 1.165) is 19.3 Å². The molecule has 0 unspecified atom stereocenters. The van der Waals surface area contributed by atoms with E-state index in [1.165, 1.54) is 11.1 Å². The van der Waals surface area contributed by atoms with Gasteiger partial charge in [0.05, 0.1) is 0 Å². The Balaban J connectivity index is 1.99. The van der Waals surface area contributed by atoms with E-state index in [-0.39, 0.29) is 11.8 Å². The molecule has 0 bridgehead atoms. The predicted octanol–water partition coefficient (Wildman–Crippen LogP) is 2.33. The Bertz CT molecular complexity index is 444. The number of carbonyl (C=O) groups excluding carboxylic acids is 1. The number of nitrogens with zero attached hydrogens (tertiary/aromatic N) is 1. The smallest absolute Gasteiger partial charge is 0.226 e. The maximum absolute atomic E-state index is 12.5. The van der Waals surface area contributed by atoms with Crippen LogP contribution in [0.4, 0.5) is 0 Å². The Hall–Kier alpha value is -1.35. The van der Waals surface area contributed by atoms with Crippen molar-refractivity contribution in [1.29, 1.82) is 0 Å². The van der Waals surface area contributed by atoms with Crippen LogP contribution in [0.15, 0.2) is 24.3 Å². The average molecular weight is 260 g/mol. The van der Waals surface area contributed by atoms with Crippen LogP contribution in [0.2, 0.25) is 0 Å². The summed E-state index contributed by atoms with van der Waals surface area (Å²) < 4.78 is 0. The van der Waals surface area contributed by atoms with Gasteiger partial charge in [-0.1, -0.05) is 36.2 Å². The molecule has 1 aromatic carbocycles. The van der Waals surface area contributed by atoms with E-state index in [1.54, 1.807) is 0 Å². The van der Waals surface area contributed by atoms with E-state index in [9.17, 15) is 4.79 Å². The van der Waals surface area contributed by atoms with Gasteiger partial charge < -0.3 is 10.6 Å². The molecule has 0 saturated heterocycles. The highest BCUT2D eigenvalue weighted by molar-refractivity contribution is 5.79. The van der Waals surface area contributed by atoms with Crippen molar-refractivity contribution in [3.05, 3.63) is 35.4 Å². The second-order valence-electron chi connectivity index (χ2n) is 5.72. The minimum atomic E-state index is 0.139. The molecule has 2 N–H and O–H groups in total. The lowest BCUT2D eigenvalue weighted by atomic mass is 9.94. The van der Waals surface area contributed by atoms with E-state index in [1.807, 2.05) is 18.0 Å². The molecule has 1 aromatic rings. The maximum Gasteiger partial charge on any atom is 0.226 e. The summed E-state index contributed by atoms with van der Waals surface area (Å²) in [5.74, 6) is 0.779. The predicted molar refractivity (Wildman–Crippen MR) is 77.5 cm³/mol. The fraction of sp³-hybridized carbons (Fsp3) is 0.562. The van der Waals surface area contributed by atoms with Crippen molar-refractivity contribution in [3.63, 3.8) is 0 Å². The molecule has 1 aliphatic carbocycles. The third kappa shape index (κ3) is 3.35. The lowest BCUT2D eigenvalue weighted by molar-refractivity contribution is -0.135. The summed E-state index contributed by atoms with van der Waals surface area (Å²) in [6.07, 6.45) is 3.24. The van der Waals surface area contributed by atoms with Gasteiger partial charge in [0.2, 0.25) is 5.91 Å². The van der Waals surface area contributed by atoms with Crippen molar-refractivity contribution in [2.45, 2.75) is 32.7 Å². The van der Waals surface area contributed by atoms with Crippen LogP contribution in [0.25, 0.3) is 0 Å². The first kappa shape index (κ1) is 14.1. The minimum Gasteiger partial charge on any atom is -0.341 e. The number of nitrogens with two attached hydrogens (primary N) is 1. The third-order valence-corrected chi connectivity index (χ3v) is 4.16. The highest BCUT2D eigenvalue weighted by Gasteiger charge is 2.33. The molecule has 0 aromatic heterocycles. The van der Waals surface area contributed by atoms with Crippen LogP contribution in [0.3, 0.4) is 0 Å². The van der Waals surface area contributed by atoms with E-state index in [0.29, 0.717) is 19.0 Å². The van der Waals surface area contributed by atoms with Gasteiger partial charge in [-0.3, -0.25) is 4.79 Å². The van der Waals surface area contributed by atoms with Crippen molar-refractivity contribution in [2.75, 3.05) is 13.6 Å². The first-order chi connectivity index (χ1) is 9.11. The van der Waals surface area contributed by atoms with E-state index in [2.05, 4.69) is 25.1 Å². The molecular weight excluding hydrogens is 236 g/mol. The van der Waals surface area contributed by atoms with Gasteiger partial charge in [-0.2, -0.15) is 0 Å². The Morgan fingerprint density at radius 1 is 1.42 bits per heavy atom. The highest BCUT2D eigenvalue weighted by atomic mass is 16.2. The van der Waals surface area contributed by atoms with Crippen LogP contribution in [-0.4, -0.2) is 24.4 Å². The Morgan fingerprint density at radius 2 is 2.21 bits per heavy atom. The van der Waals surface area contributed by atoms with Gasteiger partial charge in [-0.05, 0) is 37.8 Å². The van der Waals surface area contributed by atoms with Gasteiger partial charge in [0.1, 0.15) is 0 Å². The molecule has 0 spiro atoms. The van der Waals surface area contributed by atoms with Gasteiger partial charge in [0.15, 0.2) is 0 Å². The zero-order valence-corrected chi connectivity index (χ0v) is 11.9. The molecule has 19 heavy (non-hydrogen) atoms. The van der Waals surface area contributed by atoms with Crippen molar-refractivity contribution < 1.29 is 4.79 Å². The van der Waals surface area contributed by atoms with Crippen molar-refractivity contribution in [1.82, 2.24) is 4.90 Å². The standard InChI is InChI=1S/C16H24N2O/c1-12-5-3-6-13(9-12)11-18(2)16(19)15-8-4-7-14(15)10-17/h3,5-6,9,14-15H,4,7-8,10-11,17H2,1-2H3/t14-,15-/m1/s1. The molecule has 2 atom stereocenters. The lowest BCUT2D eigenvalue weighted by Crippen LogP contribution is -2.36. The summed E-state index contributed by atoms with van der Waals surface area (Å²) in [5.41, 5.74) is 8.19. The summed E-state index contributed by atoms with van der Waals surface area (Å²) >= 11 is 0. The second kappa shape index (κ2) is 6.20. The number of rotatable bonds is 4. The summed E-state index contributed by atoms with van der Waals surface area (Å²) in [5, 5.41) is 0. The Labute approximate surface area is 115 Å². The topological polar surface area (TPSA) is 46.3 Å². The van der Waals surface area contributed by atoms with Crippen molar-refractivity contribution in [2.24, 2.45) is 17.6 Å². The molecule has 3 heteroatoms. The molecular formula is C16H24N2O. The summed E-state index contributed by atoms with van der Waals surface area (Å²) in [4.78, 5) is 14.3. The lowest BCUT2D eigenvalue weighted by Gasteiger charge is -2.24. The third-order valence-electron chi connectivity index (χ3n) is 4.16. The molecule has 104 valence electrons. The fourth-order valence-corrected chi connectivity index (χ4v) is 3.09. The van der Waals surface area contributed by atoms with Crippen LogP contribution < -0.4 is 5.73 Å². The van der Waals surface area contributed by atoms with Gasteiger partial charge in [-0.25, -0.2) is 0 Å². The second-order valence-corrected chi connectivity index (χ2v) is 5.72. The van der Waals surface area contributed by atoms with Crippen molar-refractivity contribution in [3.8, 4) is 0 Å². The number of hydrogen-bond acceptors (Lipinski definition) is 2. The zero-order valence-electron chi connectivity index (χ0n) is 11.9. The number of aryl methyl sites for hydroxylation is 1. The van der Waals surface area contributed by atoms with E-state index >= 15 is 0 Å². The first-order valence-electron chi connectivity index (χ1n) is 7.12. The Morgan fingerprint density at radius 3 is 2.89 bits per heavy atom. The molecule has 0 aliphatic heterocycles. The van der Waals surface area contributed by atoms with Crippen LogP contribution in [0.1, 0.15) is 30.4 Å². The molecule has 1 saturated carbocycles. The normalized spacial score (nSPS) is 22.5. The van der Waals surface area contributed by atoms with Crippen LogP contribution in [0, 0.1) is 18.8 Å². The number of carbonyl (C=O) groups is 1. The molecule has 0 radical (unpaired) electrons. The molecule has 3 nitrogen and oxygen atoms in total. The molecule has 1 aliphatic rings. The van der Waals surface area contributed by atoms with Gasteiger partial charge in [-0.15, -0.1) is 0 Å². The van der Waals surface area contributed by atoms with Gasteiger partial charge in [0, 0.05) is 19.5 Å². The SMILES string of the molecule is Cc1cccc(CN(C)C(=O)[C@@H]2CCC[C@@H]2CN)c1. The molecule has 0 heterocycles. The number of benzene rings is 1. The van der Waals surface area contributed by atoms with E-state index < -0.39 is 0 Å². The quantitative estimate of drug-likeness (QED) is 0.903. The summed E-state index contributed by atoms with van der Waals surface area (Å²) in [6, 6.07) is 8.33. The minimum absolute atomic E-state index is 0.139. The van der Waals surface area contributed by atoms with E-state index in [4.69, 9.17) is 5.73 Å². The first-order valence-corrected chi connectivity index (χ1v) is 7.12. The fourth-order valence-electron chi connectivity index (χ4n) is 3.09. The molecule has 1 fully saturated rings. The summed E-state index contributed by atoms with van der Waals surface area (Å²) in [7, 11) is 1.90. The largest absolute Gasteiger partial charge is 0.341 e. The van der Waals surface area contributed by atoms with Gasteiger partial charge >= 0.3 is 0 Å². The van der Waals surface area contributed by atoms with Crippen LogP contribution in [-0.2, 0) is 11.3 Å². The average Bonchev–Trinajstić information content (AvgIpc) is 2.86. The Kier molecular flexibility index (Phi) is 4.59. The number of amides is 1. The highest BCUT2D eigenvalue weighted by Crippen LogP contribution is 2.32. The maximum atomic E-state index is 12.5. The molecule has 2 rings (SSSR count). The van der Waals surface area contributed by atoms with Gasteiger partial charge in [0.25, 0.3) is 0 Å². The van der Waals surface area contributed by atoms with Crippen molar-refractivity contribution >= 4 is 5.91 Å².